The van der Waals surface area contributed by atoms with Crippen LogP contribution < -0.4 is 4.74 Å². The van der Waals surface area contributed by atoms with E-state index in [1.165, 1.54) is 31.1 Å². The maximum absolute atomic E-state index is 12.4. The van der Waals surface area contributed by atoms with E-state index in [2.05, 4.69) is 13.5 Å². The minimum Gasteiger partial charge on any atom is -0.489 e. The number of carboxylic acids is 2. The zero-order valence-electron chi connectivity index (χ0n) is 19.0. The number of carboxylic acid groups (broad SMARTS) is 2. The number of alkyl halides is 3. The summed E-state index contributed by atoms with van der Waals surface area (Å²) in [4.78, 5) is 20.7. The van der Waals surface area contributed by atoms with Crippen molar-refractivity contribution in [1.29, 1.82) is 0 Å². The molecule has 8 heteroatoms. The highest BCUT2D eigenvalue weighted by Gasteiger charge is 2.29. The van der Waals surface area contributed by atoms with Crippen LogP contribution in [0.5, 0.6) is 5.75 Å². The lowest BCUT2D eigenvalue weighted by atomic mass is 10.1. The molecule has 2 N–H and O–H groups in total. The fraction of sp³-hybridized carbons (Fsp3) is 0.308. The Hall–Kier alpha value is -3.55. The van der Waals surface area contributed by atoms with Crippen molar-refractivity contribution in [2.45, 2.75) is 51.8 Å². The van der Waals surface area contributed by atoms with Gasteiger partial charge in [0.25, 0.3) is 0 Å². The van der Waals surface area contributed by atoms with Gasteiger partial charge in [0.2, 0.25) is 0 Å². The highest BCUT2D eigenvalue weighted by molar-refractivity contribution is 5.85. The van der Waals surface area contributed by atoms with Crippen LogP contribution in [0.1, 0.15) is 55.7 Å². The SMILES string of the molecule is C=C(CCCCCC)C(=O)O.O=C(O)C=Cc1ccc(OCc2ccc(C(F)(F)F)cc2)cc1. The first-order valence-electron chi connectivity index (χ1n) is 10.7. The molecular weight excluding hydrogens is 449 g/mol. The van der Waals surface area contributed by atoms with Crippen LogP contribution in [-0.4, -0.2) is 22.2 Å². The standard InChI is InChI=1S/C17H13F3O3.C9H16O2/c18-17(19,20)14-6-1-13(2-7-14)11-23-15-8-3-12(4-9-15)5-10-16(21)22;1-3-4-5-6-7-8(2)9(10)11/h1-10H,11H2,(H,21,22);2-7H2,1H3,(H,10,11). The number of benzene rings is 2. The second-order valence-electron chi connectivity index (χ2n) is 7.44. The van der Waals surface area contributed by atoms with Crippen molar-refractivity contribution in [2.24, 2.45) is 0 Å². The fourth-order valence-electron chi connectivity index (χ4n) is 2.67. The normalized spacial score (nSPS) is 10.9. The topological polar surface area (TPSA) is 83.8 Å². The number of hydrogen-bond donors (Lipinski definition) is 2. The van der Waals surface area contributed by atoms with Crippen molar-refractivity contribution in [1.82, 2.24) is 0 Å². The highest BCUT2D eigenvalue weighted by Crippen LogP contribution is 2.29. The summed E-state index contributed by atoms with van der Waals surface area (Å²) in [6, 6.07) is 11.4. The monoisotopic (exact) mass is 478 g/mol. The lowest BCUT2D eigenvalue weighted by molar-refractivity contribution is -0.137. The van der Waals surface area contributed by atoms with E-state index in [0.717, 1.165) is 31.1 Å². The first-order chi connectivity index (χ1) is 16.0. The van der Waals surface area contributed by atoms with Gasteiger partial charge in [0.05, 0.1) is 5.56 Å². The third-order valence-corrected chi connectivity index (χ3v) is 4.62. The predicted molar refractivity (Wildman–Crippen MR) is 124 cm³/mol. The van der Waals surface area contributed by atoms with E-state index >= 15 is 0 Å². The summed E-state index contributed by atoms with van der Waals surface area (Å²) in [5, 5.41) is 17.0. The van der Waals surface area contributed by atoms with E-state index in [1.54, 1.807) is 24.3 Å². The van der Waals surface area contributed by atoms with E-state index in [4.69, 9.17) is 14.9 Å². The van der Waals surface area contributed by atoms with Gasteiger partial charge in [0.15, 0.2) is 0 Å². The molecule has 0 aromatic heterocycles. The molecule has 0 spiro atoms. The molecule has 0 fully saturated rings. The van der Waals surface area contributed by atoms with Crippen LogP contribution in [-0.2, 0) is 22.4 Å². The van der Waals surface area contributed by atoms with Crippen molar-refractivity contribution in [3.05, 3.63) is 83.4 Å². The lowest BCUT2D eigenvalue weighted by Gasteiger charge is -2.09. The number of halogens is 3. The maximum Gasteiger partial charge on any atom is 0.416 e. The van der Waals surface area contributed by atoms with Crippen molar-refractivity contribution in [3.63, 3.8) is 0 Å². The summed E-state index contributed by atoms with van der Waals surface area (Å²) in [7, 11) is 0. The summed E-state index contributed by atoms with van der Waals surface area (Å²) in [5.74, 6) is -1.36. The quantitative estimate of drug-likeness (QED) is 0.269. The lowest BCUT2D eigenvalue weighted by Crippen LogP contribution is -2.05. The van der Waals surface area contributed by atoms with E-state index in [1.807, 2.05) is 0 Å². The Morgan fingerprint density at radius 1 is 0.971 bits per heavy atom. The Kier molecular flexibility index (Phi) is 12.2. The number of hydrogen-bond acceptors (Lipinski definition) is 3. The molecule has 0 aliphatic rings. The van der Waals surface area contributed by atoms with Gasteiger partial charge in [0.1, 0.15) is 12.4 Å². The van der Waals surface area contributed by atoms with Crippen molar-refractivity contribution in [3.8, 4) is 5.75 Å². The maximum atomic E-state index is 12.4. The van der Waals surface area contributed by atoms with Crippen molar-refractivity contribution >= 4 is 18.0 Å². The molecule has 0 unspecified atom stereocenters. The molecule has 2 aromatic rings. The number of rotatable bonds is 11. The first kappa shape index (κ1) is 28.5. The molecule has 0 saturated heterocycles. The van der Waals surface area contributed by atoms with Crippen LogP contribution in [0.2, 0.25) is 0 Å². The van der Waals surface area contributed by atoms with E-state index < -0.39 is 23.7 Å². The van der Waals surface area contributed by atoms with Crippen molar-refractivity contribution < 1.29 is 37.7 Å². The van der Waals surface area contributed by atoms with Crippen LogP contribution in [0.15, 0.2) is 66.8 Å². The zero-order valence-corrected chi connectivity index (χ0v) is 19.0. The second kappa shape index (κ2) is 14.6. The third-order valence-electron chi connectivity index (χ3n) is 4.62. The van der Waals surface area contributed by atoms with Gasteiger partial charge >= 0.3 is 18.1 Å². The van der Waals surface area contributed by atoms with Crippen LogP contribution in [0.25, 0.3) is 6.08 Å². The second-order valence-corrected chi connectivity index (χ2v) is 7.44. The number of aliphatic carboxylic acids is 2. The number of unbranched alkanes of at least 4 members (excludes halogenated alkanes) is 3. The van der Waals surface area contributed by atoms with Gasteiger partial charge in [-0.05, 0) is 54.3 Å². The Labute approximate surface area is 197 Å². The fourth-order valence-corrected chi connectivity index (χ4v) is 2.67. The van der Waals surface area contributed by atoms with Crippen LogP contribution in [0.4, 0.5) is 13.2 Å². The molecule has 0 aliphatic heterocycles. The Morgan fingerprint density at radius 3 is 2.09 bits per heavy atom. The third kappa shape index (κ3) is 11.9. The van der Waals surface area contributed by atoms with Crippen LogP contribution in [0.3, 0.4) is 0 Å². The minimum atomic E-state index is -4.35. The molecule has 0 radical (unpaired) electrons. The first-order valence-corrected chi connectivity index (χ1v) is 10.7. The molecule has 0 atom stereocenters. The predicted octanol–water partition coefficient (Wildman–Crippen LogP) is 6.98. The Morgan fingerprint density at radius 2 is 1.59 bits per heavy atom. The molecule has 0 bridgehead atoms. The van der Waals surface area contributed by atoms with Gasteiger partial charge < -0.3 is 14.9 Å². The largest absolute Gasteiger partial charge is 0.489 e. The number of ether oxygens (including phenoxy) is 1. The molecule has 0 heterocycles. The molecule has 5 nitrogen and oxygen atoms in total. The van der Waals surface area contributed by atoms with Gasteiger partial charge in [-0.2, -0.15) is 13.2 Å². The van der Waals surface area contributed by atoms with Gasteiger partial charge in [-0.3, -0.25) is 0 Å². The Bertz CT molecular complexity index is 946. The summed E-state index contributed by atoms with van der Waals surface area (Å²) in [6.45, 7) is 5.72. The molecule has 184 valence electrons. The summed E-state index contributed by atoms with van der Waals surface area (Å²) < 4.78 is 42.8. The van der Waals surface area contributed by atoms with Crippen molar-refractivity contribution in [2.75, 3.05) is 0 Å². The molecule has 0 amide bonds. The molecule has 0 saturated carbocycles. The summed E-state index contributed by atoms with van der Waals surface area (Å²) in [6.07, 6.45) is 3.20. The smallest absolute Gasteiger partial charge is 0.416 e. The van der Waals surface area contributed by atoms with Crippen LogP contribution >= 0.6 is 0 Å². The minimum absolute atomic E-state index is 0.141. The number of carbonyl (C=O) groups is 2. The van der Waals surface area contributed by atoms with Gasteiger partial charge in [-0.15, -0.1) is 0 Å². The molecule has 2 aromatic carbocycles. The van der Waals surface area contributed by atoms with Gasteiger partial charge in [0, 0.05) is 11.6 Å². The van der Waals surface area contributed by atoms with Crippen LogP contribution in [0, 0.1) is 0 Å². The molecular formula is C26H29F3O5. The summed E-state index contributed by atoms with van der Waals surface area (Å²) in [5.41, 5.74) is 0.957. The average molecular weight is 479 g/mol. The molecule has 34 heavy (non-hydrogen) atoms. The highest BCUT2D eigenvalue weighted by atomic mass is 19.4. The average Bonchev–Trinajstić information content (AvgIpc) is 2.79. The van der Waals surface area contributed by atoms with E-state index in [-0.39, 0.29) is 6.61 Å². The summed E-state index contributed by atoms with van der Waals surface area (Å²) >= 11 is 0. The van der Waals surface area contributed by atoms with Gasteiger partial charge in [-0.1, -0.05) is 57.0 Å². The molecule has 0 aliphatic carbocycles. The molecule has 2 rings (SSSR count). The van der Waals surface area contributed by atoms with E-state index in [0.29, 0.717) is 28.9 Å². The van der Waals surface area contributed by atoms with Gasteiger partial charge in [-0.25, -0.2) is 9.59 Å². The zero-order chi connectivity index (χ0) is 25.6. The Balaban J connectivity index is 0.000000445. The van der Waals surface area contributed by atoms with E-state index in [9.17, 15) is 22.8 Å².